The lowest BCUT2D eigenvalue weighted by atomic mass is 10.2. The molecule has 14 heavy (non-hydrogen) atoms. The Bertz CT molecular complexity index is 344. The van der Waals surface area contributed by atoms with Crippen LogP contribution in [0.5, 0.6) is 5.75 Å². The van der Waals surface area contributed by atoms with Gasteiger partial charge in [0.1, 0.15) is 5.75 Å². The molecule has 1 aromatic carbocycles. The highest BCUT2D eigenvalue weighted by Gasteiger charge is 2.33. The third-order valence-electron chi connectivity index (χ3n) is 1.43. The maximum Gasteiger partial charge on any atom is 0.363 e. The van der Waals surface area contributed by atoms with E-state index < -0.39 is 9.76 Å². The normalized spacial score (nSPS) is 11.1. The molecule has 0 amide bonds. The van der Waals surface area contributed by atoms with Crippen molar-refractivity contribution in [2.24, 2.45) is 0 Å². The fraction of sp³-hybridized carbons (Fsp3) is 0.222. The van der Waals surface area contributed by atoms with Gasteiger partial charge < -0.3 is 4.74 Å². The number of halogens is 3. The molecular weight excluding hydrogens is 246 g/mol. The highest BCUT2D eigenvalue weighted by atomic mass is 35.6. The predicted molar refractivity (Wildman–Crippen MR) is 57.1 cm³/mol. The number of hydrogen-bond donors (Lipinski definition) is 0. The van der Waals surface area contributed by atoms with Crippen LogP contribution in [0.2, 0.25) is 0 Å². The van der Waals surface area contributed by atoms with Crippen molar-refractivity contribution in [3.8, 4) is 5.75 Å². The Morgan fingerprint density at radius 3 is 2.50 bits per heavy atom. The molecule has 0 aromatic heterocycles. The van der Waals surface area contributed by atoms with E-state index in [4.69, 9.17) is 39.5 Å². The molecule has 0 aliphatic heterocycles. The summed E-state index contributed by atoms with van der Waals surface area (Å²) in [7, 11) is 0. The summed E-state index contributed by atoms with van der Waals surface area (Å²) in [5, 5.41) is 0. The van der Waals surface area contributed by atoms with Gasteiger partial charge in [-0.3, -0.25) is 0 Å². The van der Waals surface area contributed by atoms with Crippen molar-refractivity contribution < 1.29 is 9.53 Å². The molecule has 1 aromatic rings. The molecule has 0 fully saturated rings. The zero-order valence-electron chi connectivity index (χ0n) is 7.26. The third kappa shape index (κ3) is 3.37. The van der Waals surface area contributed by atoms with Crippen LogP contribution in [0.3, 0.4) is 0 Å². The molecule has 0 bridgehead atoms. The van der Waals surface area contributed by atoms with Crippen LogP contribution in [0.15, 0.2) is 24.3 Å². The second-order valence-electron chi connectivity index (χ2n) is 2.70. The molecule has 0 aliphatic rings. The smallest absolute Gasteiger partial charge is 0.363 e. The van der Waals surface area contributed by atoms with Crippen LogP contribution in [0.25, 0.3) is 0 Å². The molecule has 1 rings (SSSR count). The lowest BCUT2D eigenvalue weighted by Gasteiger charge is -2.10. The van der Waals surface area contributed by atoms with Crippen molar-refractivity contribution in [3.63, 3.8) is 0 Å². The molecule has 0 saturated carbocycles. The fourth-order valence-corrected chi connectivity index (χ4v) is 0.959. The summed E-state index contributed by atoms with van der Waals surface area (Å²) in [6.07, 6.45) is 0. The first-order valence-electron chi connectivity index (χ1n) is 3.75. The molecule has 76 valence electrons. The number of carbonyl (C=O) groups is 1. The largest absolute Gasteiger partial charge is 0.423 e. The number of hydrogen-bond acceptors (Lipinski definition) is 2. The first kappa shape index (κ1) is 11.6. The van der Waals surface area contributed by atoms with Crippen molar-refractivity contribution in [3.05, 3.63) is 29.8 Å². The average molecular weight is 254 g/mol. The van der Waals surface area contributed by atoms with Crippen LogP contribution in [-0.4, -0.2) is 9.76 Å². The summed E-state index contributed by atoms with van der Waals surface area (Å²) in [5.41, 5.74) is 0.958. The van der Waals surface area contributed by atoms with Crippen LogP contribution in [0.1, 0.15) is 5.56 Å². The van der Waals surface area contributed by atoms with Gasteiger partial charge in [0, 0.05) is 0 Å². The van der Waals surface area contributed by atoms with Crippen LogP contribution in [0.4, 0.5) is 0 Å². The van der Waals surface area contributed by atoms with Gasteiger partial charge in [-0.05, 0) is 24.6 Å². The molecule has 0 saturated heterocycles. The second-order valence-corrected chi connectivity index (χ2v) is 4.99. The minimum atomic E-state index is -2.04. The van der Waals surface area contributed by atoms with Gasteiger partial charge in [0.05, 0.1) is 0 Å². The molecule has 0 spiro atoms. The van der Waals surface area contributed by atoms with Crippen molar-refractivity contribution >= 4 is 40.8 Å². The SMILES string of the molecule is Cc1cccc(OC(=O)C(Cl)(Cl)Cl)c1. The van der Waals surface area contributed by atoms with Crippen LogP contribution in [0, 0.1) is 6.92 Å². The van der Waals surface area contributed by atoms with Crippen molar-refractivity contribution in [1.29, 1.82) is 0 Å². The summed E-state index contributed by atoms with van der Waals surface area (Å²) >= 11 is 16.0. The maximum absolute atomic E-state index is 11.1. The number of benzene rings is 1. The topological polar surface area (TPSA) is 26.3 Å². The van der Waals surface area contributed by atoms with Gasteiger partial charge >= 0.3 is 5.97 Å². The van der Waals surface area contributed by atoms with Crippen molar-refractivity contribution in [1.82, 2.24) is 0 Å². The molecule has 0 heterocycles. The van der Waals surface area contributed by atoms with Crippen LogP contribution in [-0.2, 0) is 4.79 Å². The first-order chi connectivity index (χ1) is 6.39. The molecular formula is C9H7Cl3O2. The summed E-state index contributed by atoms with van der Waals surface area (Å²) in [6.45, 7) is 1.87. The van der Waals surface area contributed by atoms with E-state index >= 15 is 0 Å². The number of ether oxygens (including phenoxy) is 1. The fourth-order valence-electron chi connectivity index (χ4n) is 0.844. The molecule has 0 atom stereocenters. The Labute approximate surface area is 96.7 Å². The summed E-state index contributed by atoms with van der Waals surface area (Å²) in [6, 6.07) is 6.90. The van der Waals surface area contributed by atoms with Gasteiger partial charge in [0.15, 0.2) is 0 Å². The van der Waals surface area contributed by atoms with Gasteiger partial charge in [-0.15, -0.1) is 0 Å². The summed E-state index contributed by atoms with van der Waals surface area (Å²) < 4.78 is 2.79. The number of carbonyl (C=O) groups excluding carboxylic acids is 1. The van der Waals surface area contributed by atoms with E-state index in [1.165, 1.54) is 0 Å². The zero-order chi connectivity index (χ0) is 10.8. The van der Waals surface area contributed by atoms with E-state index in [9.17, 15) is 4.79 Å². The molecule has 0 unspecified atom stereocenters. The third-order valence-corrected chi connectivity index (χ3v) is 1.89. The number of alkyl halides is 3. The molecule has 5 heteroatoms. The summed E-state index contributed by atoms with van der Waals surface area (Å²) in [4.78, 5) is 11.1. The predicted octanol–water partition coefficient (Wildman–Crippen LogP) is 3.27. The highest BCUT2D eigenvalue weighted by Crippen LogP contribution is 2.28. The second kappa shape index (κ2) is 4.39. The van der Waals surface area contributed by atoms with Crippen molar-refractivity contribution in [2.75, 3.05) is 0 Å². The Balaban J connectivity index is 2.75. The van der Waals surface area contributed by atoms with Gasteiger partial charge in [-0.1, -0.05) is 46.9 Å². The number of rotatable bonds is 1. The van der Waals surface area contributed by atoms with E-state index in [1.807, 2.05) is 13.0 Å². The molecule has 0 N–H and O–H groups in total. The van der Waals surface area contributed by atoms with E-state index in [1.54, 1.807) is 18.2 Å². The standard InChI is InChI=1S/C9H7Cl3O2/c1-6-3-2-4-7(5-6)14-8(13)9(10,11)12/h2-5H,1H3. The van der Waals surface area contributed by atoms with Gasteiger partial charge in [0.2, 0.25) is 0 Å². The highest BCUT2D eigenvalue weighted by molar-refractivity contribution is 6.75. The number of esters is 1. The van der Waals surface area contributed by atoms with Crippen LogP contribution >= 0.6 is 34.8 Å². The Morgan fingerprint density at radius 2 is 2.00 bits per heavy atom. The van der Waals surface area contributed by atoms with E-state index in [-0.39, 0.29) is 0 Å². The van der Waals surface area contributed by atoms with Gasteiger partial charge in [-0.25, -0.2) is 4.79 Å². The van der Waals surface area contributed by atoms with E-state index in [2.05, 4.69) is 0 Å². The summed E-state index contributed by atoms with van der Waals surface area (Å²) in [5.74, 6) is -0.547. The maximum atomic E-state index is 11.1. The first-order valence-corrected chi connectivity index (χ1v) is 4.88. The quantitative estimate of drug-likeness (QED) is 0.436. The zero-order valence-corrected chi connectivity index (χ0v) is 9.53. The number of aryl methyl sites for hydroxylation is 1. The van der Waals surface area contributed by atoms with E-state index in [0.29, 0.717) is 5.75 Å². The van der Waals surface area contributed by atoms with Crippen LogP contribution < -0.4 is 4.74 Å². The van der Waals surface area contributed by atoms with E-state index in [0.717, 1.165) is 5.56 Å². The molecule has 2 nitrogen and oxygen atoms in total. The lowest BCUT2D eigenvalue weighted by molar-refractivity contribution is -0.133. The Kier molecular flexibility index (Phi) is 3.65. The molecule has 0 aliphatic carbocycles. The minimum absolute atomic E-state index is 0.362. The van der Waals surface area contributed by atoms with Crippen molar-refractivity contribution in [2.45, 2.75) is 10.7 Å². The van der Waals surface area contributed by atoms with Gasteiger partial charge in [0.25, 0.3) is 3.79 Å². The minimum Gasteiger partial charge on any atom is -0.423 e. The molecule has 0 radical (unpaired) electrons. The lowest BCUT2D eigenvalue weighted by Crippen LogP contribution is -2.24. The Hall–Kier alpha value is -0.440. The monoisotopic (exact) mass is 252 g/mol. The Morgan fingerprint density at radius 1 is 1.36 bits per heavy atom. The average Bonchev–Trinajstić information content (AvgIpc) is 2.02. The van der Waals surface area contributed by atoms with Gasteiger partial charge in [-0.2, -0.15) is 0 Å².